The summed E-state index contributed by atoms with van der Waals surface area (Å²) >= 11 is 0. The summed E-state index contributed by atoms with van der Waals surface area (Å²) in [6.45, 7) is 5.89. The van der Waals surface area contributed by atoms with Gasteiger partial charge in [0.25, 0.3) is 11.8 Å². The Balaban J connectivity index is 1.65. The summed E-state index contributed by atoms with van der Waals surface area (Å²) in [6, 6.07) is 9.67. The van der Waals surface area contributed by atoms with Crippen molar-refractivity contribution >= 4 is 17.5 Å². The molecule has 0 atom stereocenters. The second-order valence-electron chi connectivity index (χ2n) is 6.16. The average Bonchev–Trinajstić information content (AvgIpc) is 2.72. The highest BCUT2D eigenvalue weighted by Crippen LogP contribution is 2.20. The molecule has 2 aromatic rings. The molecule has 2 amide bonds. The maximum absolute atomic E-state index is 13.9. The van der Waals surface area contributed by atoms with Gasteiger partial charge in [-0.05, 0) is 24.3 Å². The molecule has 0 unspecified atom stereocenters. The number of nitrogens with zero attached hydrogens (tertiary/aromatic N) is 3. The number of hydrogen-bond donors (Lipinski definition) is 1. The van der Waals surface area contributed by atoms with Gasteiger partial charge in [0.2, 0.25) is 0 Å². The lowest BCUT2D eigenvalue weighted by Gasteiger charge is -2.36. The Morgan fingerprint density at radius 3 is 2.63 bits per heavy atom. The van der Waals surface area contributed by atoms with Crippen molar-refractivity contribution < 1.29 is 14.0 Å². The summed E-state index contributed by atoms with van der Waals surface area (Å²) in [5.41, 5.74) is 1.14. The van der Waals surface area contributed by atoms with Crippen LogP contribution in [-0.2, 0) is 0 Å². The summed E-state index contributed by atoms with van der Waals surface area (Å²) in [5, 5.41) is 2.67. The minimum absolute atomic E-state index is 0.223. The summed E-state index contributed by atoms with van der Waals surface area (Å²) < 4.78 is 13.9. The van der Waals surface area contributed by atoms with Gasteiger partial charge in [-0.2, -0.15) is 0 Å². The van der Waals surface area contributed by atoms with Crippen LogP contribution in [0.3, 0.4) is 0 Å². The molecular weight excluding hydrogens is 347 g/mol. The van der Waals surface area contributed by atoms with Crippen molar-refractivity contribution in [3.8, 4) is 0 Å². The van der Waals surface area contributed by atoms with Gasteiger partial charge in [0.15, 0.2) is 0 Å². The maximum Gasteiger partial charge on any atom is 0.272 e. The fourth-order valence-corrected chi connectivity index (χ4v) is 2.98. The van der Waals surface area contributed by atoms with Crippen LogP contribution in [0, 0.1) is 5.82 Å². The number of amides is 2. The lowest BCUT2D eigenvalue weighted by molar-refractivity contribution is 0.0740. The number of para-hydroxylation sites is 1. The van der Waals surface area contributed by atoms with Crippen molar-refractivity contribution in [1.29, 1.82) is 0 Å². The zero-order valence-electron chi connectivity index (χ0n) is 14.9. The smallest absolute Gasteiger partial charge is 0.272 e. The number of rotatable bonds is 5. The van der Waals surface area contributed by atoms with E-state index in [-0.39, 0.29) is 23.3 Å². The zero-order chi connectivity index (χ0) is 19.2. The van der Waals surface area contributed by atoms with Gasteiger partial charge >= 0.3 is 0 Å². The molecule has 2 heterocycles. The van der Waals surface area contributed by atoms with Crippen LogP contribution in [0.5, 0.6) is 0 Å². The van der Waals surface area contributed by atoms with Crippen molar-refractivity contribution in [2.45, 2.75) is 0 Å². The van der Waals surface area contributed by atoms with Gasteiger partial charge < -0.3 is 15.1 Å². The van der Waals surface area contributed by atoms with Crippen molar-refractivity contribution in [2.24, 2.45) is 0 Å². The molecule has 1 aromatic carbocycles. The monoisotopic (exact) mass is 368 g/mol. The molecule has 0 saturated carbocycles. The second-order valence-corrected chi connectivity index (χ2v) is 6.16. The fourth-order valence-electron chi connectivity index (χ4n) is 2.98. The first-order valence-electron chi connectivity index (χ1n) is 8.74. The Labute approximate surface area is 157 Å². The molecule has 3 rings (SSSR count). The number of halogens is 1. The normalized spacial score (nSPS) is 14.0. The van der Waals surface area contributed by atoms with Crippen LogP contribution in [0.25, 0.3) is 0 Å². The Bertz CT molecular complexity index is 847. The van der Waals surface area contributed by atoms with Crippen LogP contribution in [-0.4, -0.2) is 54.4 Å². The molecule has 0 radical (unpaired) electrons. The predicted octanol–water partition coefficient (Wildman–Crippen LogP) is 2.10. The number of pyridine rings is 1. The highest BCUT2D eigenvalue weighted by molar-refractivity contribution is 5.98. The topological polar surface area (TPSA) is 65.5 Å². The van der Waals surface area contributed by atoms with Crippen molar-refractivity contribution in [3.63, 3.8) is 0 Å². The first-order chi connectivity index (χ1) is 13.1. The van der Waals surface area contributed by atoms with Crippen LogP contribution >= 0.6 is 0 Å². The Morgan fingerprint density at radius 1 is 1.19 bits per heavy atom. The quantitative estimate of drug-likeness (QED) is 0.821. The molecule has 0 spiro atoms. The van der Waals surface area contributed by atoms with Crippen LogP contribution in [0.2, 0.25) is 0 Å². The van der Waals surface area contributed by atoms with Gasteiger partial charge in [-0.1, -0.05) is 18.2 Å². The highest BCUT2D eigenvalue weighted by atomic mass is 19.1. The fraction of sp³-hybridized carbons (Fsp3) is 0.250. The van der Waals surface area contributed by atoms with Crippen LogP contribution in [0.1, 0.15) is 20.8 Å². The predicted molar refractivity (Wildman–Crippen MR) is 101 cm³/mol. The van der Waals surface area contributed by atoms with E-state index in [0.29, 0.717) is 44.0 Å². The summed E-state index contributed by atoms with van der Waals surface area (Å²) in [4.78, 5) is 32.5. The van der Waals surface area contributed by atoms with Crippen molar-refractivity contribution in [2.75, 3.05) is 37.6 Å². The SMILES string of the molecule is C=CCNC(=O)c1ccnc(C(=O)N2CCN(c3ccccc3F)CC2)c1. The van der Waals surface area contributed by atoms with Crippen LogP contribution in [0.4, 0.5) is 10.1 Å². The van der Waals surface area contributed by atoms with Crippen molar-refractivity contribution in [3.05, 3.63) is 72.3 Å². The van der Waals surface area contributed by atoms with Gasteiger partial charge in [0.1, 0.15) is 11.5 Å². The third kappa shape index (κ3) is 4.31. The van der Waals surface area contributed by atoms with Gasteiger partial charge in [0, 0.05) is 44.5 Å². The van der Waals surface area contributed by atoms with E-state index in [4.69, 9.17) is 0 Å². The largest absolute Gasteiger partial charge is 0.366 e. The van der Waals surface area contributed by atoms with E-state index in [2.05, 4.69) is 16.9 Å². The van der Waals surface area contributed by atoms with E-state index in [0.717, 1.165) is 0 Å². The summed E-state index contributed by atoms with van der Waals surface area (Å²) in [6.07, 6.45) is 3.03. The van der Waals surface area contributed by atoms with E-state index in [1.807, 2.05) is 4.90 Å². The Hall–Kier alpha value is -3.22. The number of carbonyl (C=O) groups is 2. The number of nitrogens with one attached hydrogen (secondary N) is 1. The minimum Gasteiger partial charge on any atom is -0.366 e. The highest BCUT2D eigenvalue weighted by Gasteiger charge is 2.24. The molecule has 1 fully saturated rings. The van der Waals surface area contributed by atoms with Gasteiger partial charge in [-0.3, -0.25) is 14.6 Å². The van der Waals surface area contributed by atoms with Gasteiger partial charge in [0.05, 0.1) is 5.69 Å². The van der Waals surface area contributed by atoms with Crippen molar-refractivity contribution in [1.82, 2.24) is 15.2 Å². The van der Waals surface area contributed by atoms with E-state index < -0.39 is 0 Å². The van der Waals surface area contributed by atoms with E-state index in [9.17, 15) is 14.0 Å². The molecule has 1 aliphatic rings. The lowest BCUT2D eigenvalue weighted by atomic mass is 10.2. The maximum atomic E-state index is 13.9. The molecular formula is C20H21FN4O2. The molecule has 1 aliphatic heterocycles. The van der Waals surface area contributed by atoms with E-state index in [1.165, 1.54) is 18.3 Å². The number of hydrogen-bond acceptors (Lipinski definition) is 4. The number of piperazine rings is 1. The van der Waals surface area contributed by atoms with Gasteiger partial charge in [-0.25, -0.2) is 4.39 Å². The Morgan fingerprint density at radius 2 is 1.93 bits per heavy atom. The molecule has 0 aliphatic carbocycles. The lowest BCUT2D eigenvalue weighted by Crippen LogP contribution is -2.49. The molecule has 7 heteroatoms. The third-order valence-corrected chi connectivity index (χ3v) is 4.41. The molecule has 1 saturated heterocycles. The first-order valence-corrected chi connectivity index (χ1v) is 8.74. The van der Waals surface area contributed by atoms with E-state index in [1.54, 1.807) is 35.2 Å². The van der Waals surface area contributed by atoms with Gasteiger partial charge in [-0.15, -0.1) is 6.58 Å². The molecule has 1 aromatic heterocycles. The second kappa shape index (κ2) is 8.44. The van der Waals surface area contributed by atoms with E-state index >= 15 is 0 Å². The molecule has 1 N–H and O–H groups in total. The summed E-state index contributed by atoms with van der Waals surface area (Å²) in [5.74, 6) is -0.783. The minimum atomic E-state index is -0.282. The van der Waals surface area contributed by atoms with Crippen LogP contribution in [0.15, 0.2) is 55.3 Å². The summed E-state index contributed by atoms with van der Waals surface area (Å²) in [7, 11) is 0. The van der Waals surface area contributed by atoms with Crippen LogP contribution < -0.4 is 10.2 Å². The number of anilines is 1. The standard InChI is InChI=1S/C20H21FN4O2/c1-2-8-23-19(26)15-7-9-22-17(14-15)20(27)25-12-10-24(11-13-25)18-6-4-3-5-16(18)21/h2-7,9,14H,1,8,10-13H2,(H,23,26). The number of carbonyl (C=O) groups excluding carboxylic acids is 2. The zero-order valence-corrected chi connectivity index (χ0v) is 14.9. The Kier molecular flexibility index (Phi) is 5.80. The molecule has 27 heavy (non-hydrogen) atoms. The molecule has 140 valence electrons. The third-order valence-electron chi connectivity index (χ3n) is 4.41. The number of aromatic nitrogens is 1. The molecule has 0 bridgehead atoms. The molecule has 6 nitrogen and oxygen atoms in total. The first kappa shape index (κ1) is 18.6. The number of benzene rings is 1. The average molecular weight is 368 g/mol.